The van der Waals surface area contributed by atoms with Crippen LogP contribution in [-0.2, 0) is 0 Å². The van der Waals surface area contributed by atoms with Crippen molar-refractivity contribution in [3.05, 3.63) is 41.9 Å². The number of piperidine rings is 2. The molecule has 148 valence electrons. The molecular weight excluding hydrogens is 354 g/mol. The predicted octanol–water partition coefficient (Wildman–Crippen LogP) is 3.84. The molecule has 0 N–H and O–H groups in total. The number of benzene rings is 1. The van der Waals surface area contributed by atoms with Crippen LogP contribution >= 0.6 is 0 Å². The summed E-state index contributed by atoms with van der Waals surface area (Å²) in [6.07, 6.45) is 6.55. The van der Waals surface area contributed by atoms with Gasteiger partial charge < -0.3 is 14.2 Å². The van der Waals surface area contributed by atoms with Gasteiger partial charge in [-0.2, -0.15) is 0 Å². The summed E-state index contributed by atoms with van der Waals surface area (Å²) in [7, 11) is 0. The summed E-state index contributed by atoms with van der Waals surface area (Å²) < 4.78 is 5.63. The zero-order valence-electron chi connectivity index (χ0n) is 16.4. The van der Waals surface area contributed by atoms with Gasteiger partial charge in [-0.15, -0.1) is 0 Å². The lowest BCUT2D eigenvalue weighted by atomic mass is 9.98. The van der Waals surface area contributed by atoms with E-state index < -0.39 is 0 Å². The fraction of sp³-hybridized carbons (Fsp3) is 0.500. The Labute approximate surface area is 165 Å². The van der Waals surface area contributed by atoms with Gasteiger partial charge in [-0.3, -0.25) is 9.59 Å². The van der Waals surface area contributed by atoms with Gasteiger partial charge >= 0.3 is 0 Å². The number of carbonyl (C=O) groups excluding carboxylic acids is 2. The minimum Gasteiger partial charge on any atom is -0.443 e. The molecule has 0 unspecified atom stereocenters. The number of hydrogen-bond donors (Lipinski definition) is 0. The number of likely N-dealkylation sites (tertiary alicyclic amines) is 2. The molecule has 0 bridgehead atoms. The lowest BCUT2D eigenvalue weighted by molar-refractivity contribution is 0.0689. The highest BCUT2D eigenvalue weighted by Crippen LogP contribution is 2.30. The second-order valence-electron chi connectivity index (χ2n) is 7.90. The Bertz CT molecular complexity index is 846. The van der Waals surface area contributed by atoms with Gasteiger partial charge in [0.1, 0.15) is 0 Å². The van der Waals surface area contributed by atoms with Crippen LogP contribution in [0, 0.1) is 5.92 Å². The van der Waals surface area contributed by atoms with Gasteiger partial charge in [0.05, 0.1) is 5.56 Å². The maximum absolute atomic E-state index is 13.1. The molecule has 0 aliphatic carbocycles. The maximum Gasteiger partial charge on any atom is 0.276 e. The van der Waals surface area contributed by atoms with Crippen LogP contribution in [0.4, 0.5) is 0 Å². The van der Waals surface area contributed by atoms with Crippen molar-refractivity contribution in [2.24, 2.45) is 5.92 Å². The summed E-state index contributed by atoms with van der Waals surface area (Å²) in [6, 6.07) is 7.37. The van der Waals surface area contributed by atoms with Crippen LogP contribution in [-0.4, -0.2) is 52.8 Å². The molecule has 3 heterocycles. The van der Waals surface area contributed by atoms with Gasteiger partial charge in [0, 0.05) is 31.7 Å². The second kappa shape index (κ2) is 8.17. The predicted molar refractivity (Wildman–Crippen MR) is 106 cm³/mol. The largest absolute Gasteiger partial charge is 0.443 e. The molecule has 28 heavy (non-hydrogen) atoms. The SMILES string of the molecule is CC1CCN(C(=O)c2ncoc2-c2ccccc2C(=O)N2CCCCC2)CC1. The van der Waals surface area contributed by atoms with Crippen LogP contribution in [0.15, 0.2) is 35.1 Å². The average Bonchev–Trinajstić information content (AvgIpc) is 3.23. The van der Waals surface area contributed by atoms with Crippen molar-refractivity contribution in [1.82, 2.24) is 14.8 Å². The molecule has 1 aromatic heterocycles. The normalized spacial score (nSPS) is 18.3. The van der Waals surface area contributed by atoms with E-state index in [0.717, 1.165) is 51.9 Å². The number of carbonyl (C=O) groups is 2. The minimum atomic E-state index is -0.115. The van der Waals surface area contributed by atoms with Crippen molar-refractivity contribution in [2.75, 3.05) is 26.2 Å². The number of hydrogen-bond acceptors (Lipinski definition) is 4. The Balaban J connectivity index is 1.63. The molecule has 4 rings (SSSR count). The highest BCUT2D eigenvalue weighted by atomic mass is 16.3. The fourth-order valence-corrected chi connectivity index (χ4v) is 4.09. The third-order valence-corrected chi connectivity index (χ3v) is 5.89. The van der Waals surface area contributed by atoms with Crippen molar-refractivity contribution in [3.63, 3.8) is 0 Å². The maximum atomic E-state index is 13.1. The molecule has 0 radical (unpaired) electrons. The summed E-state index contributed by atoms with van der Waals surface area (Å²) in [5.74, 6) is 0.918. The monoisotopic (exact) mass is 381 g/mol. The van der Waals surface area contributed by atoms with Gasteiger partial charge in [0.2, 0.25) is 0 Å². The first-order valence-electron chi connectivity index (χ1n) is 10.3. The first kappa shape index (κ1) is 18.7. The van der Waals surface area contributed by atoms with E-state index in [2.05, 4.69) is 11.9 Å². The number of rotatable bonds is 3. The second-order valence-corrected chi connectivity index (χ2v) is 7.90. The highest BCUT2D eigenvalue weighted by molar-refractivity contribution is 6.04. The summed E-state index contributed by atoms with van der Waals surface area (Å²) in [5, 5.41) is 0. The van der Waals surface area contributed by atoms with Gasteiger partial charge in [-0.25, -0.2) is 4.98 Å². The van der Waals surface area contributed by atoms with Crippen molar-refractivity contribution in [2.45, 2.75) is 39.0 Å². The molecule has 6 heteroatoms. The third kappa shape index (κ3) is 3.68. The quantitative estimate of drug-likeness (QED) is 0.810. The van der Waals surface area contributed by atoms with E-state index in [0.29, 0.717) is 28.5 Å². The molecular formula is C22H27N3O3. The molecule has 0 atom stereocenters. The van der Waals surface area contributed by atoms with E-state index in [1.165, 1.54) is 12.8 Å². The molecule has 2 fully saturated rings. The van der Waals surface area contributed by atoms with Crippen LogP contribution in [0.2, 0.25) is 0 Å². The lowest BCUT2D eigenvalue weighted by Crippen LogP contribution is -2.38. The summed E-state index contributed by atoms with van der Waals surface area (Å²) in [4.78, 5) is 34.1. The Kier molecular flexibility index (Phi) is 5.46. The first-order valence-corrected chi connectivity index (χ1v) is 10.3. The minimum absolute atomic E-state index is 0.00287. The van der Waals surface area contributed by atoms with Crippen molar-refractivity contribution >= 4 is 11.8 Å². The Hall–Kier alpha value is -2.63. The molecule has 2 aromatic rings. The van der Waals surface area contributed by atoms with Crippen LogP contribution in [0.3, 0.4) is 0 Å². The van der Waals surface area contributed by atoms with Gasteiger partial charge in [0.25, 0.3) is 11.8 Å². The third-order valence-electron chi connectivity index (χ3n) is 5.89. The van der Waals surface area contributed by atoms with Gasteiger partial charge in [0.15, 0.2) is 17.8 Å². The average molecular weight is 381 g/mol. The lowest BCUT2D eigenvalue weighted by Gasteiger charge is -2.30. The number of aromatic nitrogens is 1. The van der Waals surface area contributed by atoms with Crippen LogP contribution in [0.5, 0.6) is 0 Å². The topological polar surface area (TPSA) is 66.7 Å². The molecule has 2 aliphatic rings. The zero-order valence-corrected chi connectivity index (χ0v) is 16.4. The Morgan fingerprint density at radius 3 is 2.39 bits per heavy atom. The molecule has 0 saturated carbocycles. The number of oxazole rings is 1. The molecule has 6 nitrogen and oxygen atoms in total. The highest BCUT2D eigenvalue weighted by Gasteiger charge is 2.29. The summed E-state index contributed by atoms with van der Waals surface area (Å²) in [5.41, 5.74) is 1.51. The molecule has 2 aliphatic heterocycles. The first-order chi connectivity index (χ1) is 13.6. The van der Waals surface area contributed by atoms with E-state index >= 15 is 0 Å². The van der Waals surface area contributed by atoms with Crippen LogP contribution < -0.4 is 0 Å². The van der Waals surface area contributed by atoms with E-state index in [1.807, 2.05) is 34.1 Å². The number of nitrogens with zero attached hydrogens (tertiary/aromatic N) is 3. The van der Waals surface area contributed by atoms with E-state index in [4.69, 9.17) is 4.42 Å². The van der Waals surface area contributed by atoms with Crippen molar-refractivity contribution in [3.8, 4) is 11.3 Å². The van der Waals surface area contributed by atoms with Crippen LogP contribution in [0.25, 0.3) is 11.3 Å². The summed E-state index contributed by atoms with van der Waals surface area (Å²) >= 11 is 0. The molecule has 0 spiro atoms. The van der Waals surface area contributed by atoms with Crippen LogP contribution in [0.1, 0.15) is 59.9 Å². The van der Waals surface area contributed by atoms with Crippen molar-refractivity contribution < 1.29 is 14.0 Å². The Morgan fingerprint density at radius 2 is 1.64 bits per heavy atom. The Morgan fingerprint density at radius 1 is 0.964 bits per heavy atom. The van der Waals surface area contributed by atoms with Gasteiger partial charge in [-0.1, -0.05) is 25.1 Å². The molecule has 1 aromatic carbocycles. The smallest absolute Gasteiger partial charge is 0.276 e. The molecule has 2 amide bonds. The molecule has 2 saturated heterocycles. The van der Waals surface area contributed by atoms with Gasteiger partial charge in [-0.05, 0) is 44.1 Å². The van der Waals surface area contributed by atoms with E-state index in [1.54, 1.807) is 0 Å². The standard InChI is InChI=1S/C22H27N3O3/c1-16-9-13-25(14-10-16)22(27)19-20(28-15-23-19)17-7-3-4-8-18(17)21(26)24-11-5-2-6-12-24/h3-4,7-8,15-16H,2,5-6,9-14H2,1H3. The number of amides is 2. The fourth-order valence-electron chi connectivity index (χ4n) is 4.09. The van der Waals surface area contributed by atoms with E-state index in [-0.39, 0.29) is 11.8 Å². The summed E-state index contributed by atoms with van der Waals surface area (Å²) in [6.45, 7) is 5.25. The zero-order chi connectivity index (χ0) is 19.5. The van der Waals surface area contributed by atoms with E-state index in [9.17, 15) is 9.59 Å². The van der Waals surface area contributed by atoms with Crippen molar-refractivity contribution in [1.29, 1.82) is 0 Å².